The van der Waals surface area contributed by atoms with Gasteiger partial charge in [-0.25, -0.2) is 24.1 Å². The second-order valence-electron chi connectivity index (χ2n) is 12.3. The largest absolute Gasteiger partial charge is 0.403 e. The van der Waals surface area contributed by atoms with Crippen LogP contribution in [0.2, 0.25) is 0 Å². The minimum Gasteiger partial charge on any atom is -0.403 e. The van der Waals surface area contributed by atoms with Crippen LogP contribution in [0.25, 0.3) is 33.7 Å². The van der Waals surface area contributed by atoms with E-state index in [2.05, 4.69) is 19.4 Å². The molecule has 0 N–H and O–H groups in total. The van der Waals surface area contributed by atoms with Gasteiger partial charge < -0.3 is 14.0 Å². The van der Waals surface area contributed by atoms with Gasteiger partial charge in [0.05, 0.1) is 30.9 Å². The van der Waals surface area contributed by atoms with E-state index >= 15 is 0 Å². The molecule has 0 aliphatic carbocycles. The highest BCUT2D eigenvalue weighted by molar-refractivity contribution is 5.78. The fourth-order valence-corrected chi connectivity index (χ4v) is 6.25. The van der Waals surface area contributed by atoms with Crippen LogP contribution < -0.4 is 15.8 Å². The van der Waals surface area contributed by atoms with Gasteiger partial charge in [0.15, 0.2) is 23.6 Å². The highest BCUT2D eigenvalue weighted by Gasteiger charge is 2.21. The van der Waals surface area contributed by atoms with E-state index in [0.29, 0.717) is 13.0 Å². The molecule has 1 fully saturated rings. The molecule has 0 radical (unpaired) electrons. The normalized spacial score (nSPS) is 13.8. The van der Waals surface area contributed by atoms with E-state index in [1.54, 1.807) is 23.6 Å². The Morgan fingerprint density at radius 3 is 2.33 bits per heavy atom. The van der Waals surface area contributed by atoms with Crippen molar-refractivity contribution >= 4 is 17.1 Å². The number of pyridine rings is 1. The molecule has 1 unspecified atom stereocenters. The zero-order chi connectivity index (χ0) is 37.0. The first-order valence-electron chi connectivity index (χ1n) is 18.1. The molecule has 52 heavy (non-hydrogen) atoms. The monoisotopic (exact) mass is 715 g/mol. The molecule has 5 heterocycles. The van der Waals surface area contributed by atoms with Crippen LogP contribution in [0.15, 0.2) is 77.1 Å². The summed E-state index contributed by atoms with van der Waals surface area (Å²) in [6.07, 6.45) is 9.67. The van der Waals surface area contributed by atoms with Crippen molar-refractivity contribution in [1.82, 2.24) is 33.6 Å². The third-order valence-corrected chi connectivity index (χ3v) is 8.83. The number of carbonyl (C=O) groups is 1. The molecule has 0 amide bonds. The van der Waals surface area contributed by atoms with Crippen LogP contribution >= 0.6 is 0 Å². The minimum atomic E-state index is -0.605. The number of halogens is 1. The maximum Gasteiger partial charge on any atom is 0.332 e. The first-order chi connectivity index (χ1) is 25.3. The number of carbonyl (C=O) groups excluding carboxylic acids is 1. The average Bonchev–Trinajstić information content (AvgIpc) is 3.60. The van der Waals surface area contributed by atoms with E-state index in [-0.39, 0.29) is 36.4 Å². The van der Waals surface area contributed by atoms with Gasteiger partial charge in [-0.05, 0) is 43.5 Å². The van der Waals surface area contributed by atoms with Crippen molar-refractivity contribution in [3.05, 3.63) is 94.2 Å². The number of aromatic nitrogens is 7. The van der Waals surface area contributed by atoms with Gasteiger partial charge >= 0.3 is 17.9 Å². The van der Waals surface area contributed by atoms with Crippen LogP contribution in [0.3, 0.4) is 0 Å². The van der Waals surface area contributed by atoms with Gasteiger partial charge in [0.2, 0.25) is 0 Å². The van der Waals surface area contributed by atoms with Crippen LogP contribution in [0.5, 0.6) is 0 Å². The standard InChI is InChI=1S/C36H42FN8O5.C2H6/c1-3-15-44-34-32(38-13-14-39-34)35(47)45(36(44)48)18-4-6-30(46)50-26(2)42-19-11-28(12-20-42)33-31(27-7-9-29(37)10-8-27)40-25-43(33)17-5-16-41-21-23-49-24-22-41;1-2/h7-14,19-20,25-26H,3-6,15-18,21-24H2,1-2H3;1-2H3/q+1;. The second-order valence-corrected chi connectivity index (χ2v) is 12.3. The highest BCUT2D eigenvalue weighted by Crippen LogP contribution is 2.31. The number of imidazole rings is 1. The summed E-state index contributed by atoms with van der Waals surface area (Å²) in [7, 11) is 0. The Morgan fingerprint density at radius 1 is 0.904 bits per heavy atom. The van der Waals surface area contributed by atoms with Gasteiger partial charge in [-0.2, -0.15) is 4.57 Å². The van der Waals surface area contributed by atoms with Crippen molar-refractivity contribution in [2.75, 3.05) is 32.8 Å². The molecule has 0 spiro atoms. The number of benzene rings is 1. The number of fused-ring (bicyclic) bond motifs is 1. The zero-order valence-electron chi connectivity index (χ0n) is 30.4. The van der Waals surface area contributed by atoms with E-state index in [9.17, 15) is 18.8 Å². The summed E-state index contributed by atoms with van der Waals surface area (Å²) in [6, 6.07) is 10.2. The van der Waals surface area contributed by atoms with Crippen LogP contribution in [-0.2, 0) is 33.9 Å². The molecule has 5 aromatic rings. The number of aryl methyl sites for hydroxylation is 2. The molecule has 4 aromatic heterocycles. The maximum atomic E-state index is 13.7. The lowest BCUT2D eigenvalue weighted by atomic mass is 10.1. The Balaban J connectivity index is 0.00000257. The number of morpholine rings is 1. The molecule has 1 aliphatic rings. The van der Waals surface area contributed by atoms with Crippen LogP contribution in [0.1, 0.15) is 59.6 Å². The fraction of sp³-hybridized carbons (Fsp3) is 0.447. The molecule has 0 bridgehead atoms. The molecule has 1 saturated heterocycles. The smallest absolute Gasteiger partial charge is 0.332 e. The Kier molecular flexibility index (Phi) is 13.5. The van der Waals surface area contributed by atoms with Crippen molar-refractivity contribution in [2.45, 2.75) is 79.2 Å². The summed E-state index contributed by atoms with van der Waals surface area (Å²) in [5, 5.41) is 0. The predicted molar refractivity (Wildman–Crippen MR) is 195 cm³/mol. The summed E-state index contributed by atoms with van der Waals surface area (Å²) in [5.74, 6) is -0.759. The number of hydrogen-bond acceptors (Lipinski definition) is 9. The lowest BCUT2D eigenvalue weighted by Gasteiger charge is -2.26. The molecule has 1 aromatic carbocycles. The minimum absolute atomic E-state index is 0.0197. The predicted octanol–water partition coefficient (Wildman–Crippen LogP) is 4.61. The van der Waals surface area contributed by atoms with Crippen LogP contribution in [-0.4, -0.2) is 72.4 Å². The van der Waals surface area contributed by atoms with Gasteiger partial charge in [-0.1, -0.05) is 20.8 Å². The number of rotatable bonds is 14. The number of hydrogen-bond donors (Lipinski definition) is 0. The summed E-state index contributed by atoms with van der Waals surface area (Å²) in [5.41, 5.74) is 2.80. The third-order valence-electron chi connectivity index (χ3n) is 8.83. The number of ether oxygens (including phenoxy) is 2. The summed E-state index contributed by atoms with van der Waals surface area (Å²) in [4.78, 5) is 54.4. The van der Waals surface area contributed by atoms with E-state index in [1.165, 1.54) is 29.1 Å². The average molecular weight is 716 g/mol. The van der Waals surface area contributed by atoms with E-state index in [4.69, 9.17) is 14.5 Å². The van der Waals surface area contributed by atoms with Crippen LogP contribution in [0, 0.1) is 5.82 Å². The molecule has 14 heteroatoms. The molecule has 13 nitrogen and oxygen atoms in total. The van der Waals surface area contributed by atoms with Crippen molar-refractivity contribution in [2.24, 2.45) is 0 Å². The maximum absolute atomic E-state index is 13.7. The van der Waals surface area contributed by atoms with Crippen LogP contribution in [0.4, 0.5) is 4.39 Å². The SMILES string of the molecule is CC.CCCn1c(=O)n(CCCC(=O)OC(C)[n+]2ccc(-c3c(-c4ccc(F)cc4)ncn3CCCN3CCOCC3)cc2)c(=O)c2nccnc21. The zero-order valence-corrected chi connectivity index (χ0v) is 30.4. The summed E-state index contributed by atoms with van der Waals surface area (Å²) >= 11 is 0. The van der Waals surface area contributed by atoms with Gasteiger partial charge in [-0.15, -0.1) is 0 Å². The molecule has 276 valence electrons. The summed E-state index contributed by atoms with van der Waals surface area (Å²) in [6.45, 7) is 13.2. The Bertz CT molecular complexity index is 2040. The second kappa shape index (κ2) is 18.4. The molecule has 6 rings (SSSR count). The topological polar surface area (TPSA) is 130 Å². The first-order valence-corrected chi connectivity index (χ1v) is 18.1. The van der Waals surface area contributed by atoms with Gasteiger partial charge in [0.25, 0.3) is 5.56 Å². The molecule has 0 saturated carbocycles. The molecule has 1 aliphatic heterocycles. The van der Waals surface area contributed by atoms with Crippen molar-refractivity contribution in [1.29, 1.82) is 0 Å². The fourth-order valence-electron chi connectivity index (χ4n) is 6.25. The van der Waals surface area contributed by atoms with E-state index in [0.717, 1.165) is 72.9 Å². The van der Waals surface area contributed by atoms with Crippen molar-refractivity contribution in [3.63, 3.8) is 0 Å². The summed E-state index contributed by atoms with van der Waals surface area (Å²) < 4.78 is 31.4. The van der Waals surface area contributed by atoms with Gasteiger partial charge in [0, 0.05) is 88.3 Å². The van der Waals surface area contributed by atoms with Gasteiger partial charge in [0.1, 0.15) is 5.82 Å². The first kappa shape index (κ1) is 38.2. The van der Waals surface area contributed by atoms with Crippen molar-refractivity contribution < 1.29 is 23.2 Å². The van der Waals surface area contributed by atoms with E-state index < -0.39 is 23.4 Å². The van der Waals surface area contributed by atoms with Crippen molar-refractivity contribution in [3.8, 4) is 22.5 Å². The van der Waals surface area contributed by atoms with Gasteiger partial charge in [-0.3, -0.25) is 23.6 Å². The molecular weight excluding hydrogens is 667 g/mol. The quantitative estimate of drug-likeness (QED) is 0.120. The Hall–Kier alpha value is -5.08. The molecular formula is C38H48FN8O5+. The Morgan fingerprint density at radius 2 is 1.62 bits per heavy atom. The number of nitrogens with zero attached hydrogens (tertiary/aromatic N) is 8. The lowest BCUT2D eigenvalue weighted by molar-refractivity contribution is -0.753. The van der Waals surface area contributed by atoms with E-state index in [1.807, 2.05) is 51.6 Å². The number of esters is 1. The molecule has 1 atom stereocenters. The third kappa shape index (κ3) is 9.04. The lowest BCUT2D eigenvalue weighted by Crippen LogP contribution is -2.41. The highest BCUT2D eigenvalue weighted by atomic mass is 19.1. The Labute approximate surface area is 302 Å².